The van der Waals surface area contributed by atoms with Crippen LogP contribution in [0, 0.1) is 6.57 Å². The van der Waals surface area contributed by atoms with Gasteiger partial charge in [0.1, 0.15) is 11.5 Å². The maximum absolute atomic E-state index is 7.66. The molecule has 0 bridgehead atoms. The van der Waals surface area contributed by atoms with Gasteiger partial charge in [-0.05, 0) is 108 Å². The predicted molar refractivity (Wildman–Crippen MR) is 198 cm³/mol. The van der Waals surface area contributed by atoms with Crippen molar-refractivity contribution in [3.8, 4) is 50.8 Å². The molecule has 0 aliphatic carbocycles. The lowest BCUT2D eigenvalue weighted by Gasteiger charge is -2.35. The number of pyridine rings is 2. The first-order valence-corrected chi connectivity index (χ1v) is 16.3. The van der Waals surface area contributed by atoms with Gasteiger partial charge in [-0.3, -0.25) is 4.98 Å². The minimum absolute atomic E-state index is 0.326. The second-order valence-corrected chi connectivity index (χ2v) is 13.0. The molecule has 1 aliphatic rings. The van der Waals surface area contributed by atoms with Gasteiger partial charge >= 0.3 is 0 Å². The molecule has 8 aromatic rings. The number of hydrogen-bond acceptors (Lipinski definition) is 3. The Bertz CT molecular complexity index is 2610. The van der Waals surface area contributed by atoms with Crippen molar-refractivity contribution in [1.29, 1.82) is 0 Å². The van der Waals surface area contributed by atoms with Crippen molar-refractivity contribution < 1.29 is 4.74 Å². The number of para-hydroxylation sites is 1. The van der Waals surface area contributed by atoms with E-state index < -0.39 is 0 Å². The summed E-state index contributed by atoms with van der Waals surface area (Å²) in [5.41, 5.74) is 11.9. The molecule has 0 unspecified atom stereocenters. The second-order valence-electron chi connectivity index (χ2n) is 13.0. The molecule has 0 saturated heterocycles. The Kier molecular flexibility index (Phi) is 6.47. The van der Waals surface area contributed by atoms with Crippen LogP contribution in [0.1, 0.15) is 25.0 Å². The lowest BCUT2D eigenvalue weighted by atomic mass is 9.74. The number of aromatic nitrogens is 3. The Hall–Kier alpha value is -6.51. The predicted octanol–water partition coefficient (Wildman–Crippen LogP) is 11.6. The molecule has 5 nitrogen and oxygen atoms in total. The maximum atomic E-state index is 7.66. The fourth-order valence-corrected chi connectivity index (χ4v) is 7.20. The molecular formula is C44H30N4O. The lowest BCUT2D eigenvalue weighted by molar-refractivity contribution is 0.418. The quantitative estimate of drug-likeness (QED) is 0.182. The highest BCUT2D eigenvalue weighted by Crippen LogP contribution is 2.50. The number of benzene rings is 5. The number of ether oxygens (including phenoxy) is 1. The van der Waals surface area contributed by atoms with Crippen LogP contribution in [-0.2, 0) is 5.41 Å². The van der Waals surface area contributed by atoms with E-state index in [4.69, 9.17) is 16.3 Å². The summed E-state index contributed by atoms with van der Waals surface area (Å²) in [7, 11) is 0. The summed E-state index contributed by atoms with van der Waals surface area (Å²) in [5, 5.41) is 2.18. The molecule has 5 heteroatoms. The highest BCUT2D eigenvalue weighted by atomic mass is 16.5. The zero-order valence-electron chi connectivity index (χ0n) is 27.1. The average Bonchev–Trinajstić information content (AvgIpc) is 3.48. The zero-order chi connectivity index (χ0) is 33.1. The van der Waals surface area contributed by atoms with E-state index in [0.717, 1.165) is 83.8 Å². The number of fused-ring (bicyclic) bond motifs is 5. The molecule has 0 atom stereocenters. The van der Waals surface area contributed by atoms with Crippen molar-refractivity contribution in [2.75, 3.05) is 0 Å². The molecule has 49 heavy (non-hydrogen) atoms. The van der Waals surface area contributed by atoms with E-state index in [1.807, 2.05) is 48.7 Å². The van der Waals surface area contributed by atoms with E-state index in [1.54, 1.807) is 6.20 Å². The summed E-state index contributed by atoms with van der Waals surface area (Å²) < 4.78 is 8.81. The van der Waals surface area contributed by atoms with Gasteiger partial charge < -0.3 is 9.30 Å². The van der Waals surface area contributed by atoms with E-state index in [9.17, 15) is 0 Å². The van der Waals surface area contributed by atoms with Gasteiger partial charge in [0.25, 0.3) is 0 Å². The van der Waals surface area contributed by atoms with Crippen molar-refractivity contribution in [2.45, 2.75) is 19.3 Å². The van der Waals surface area contributed by atoms with Crippen molar-refractivity contribution in [3.05, 3.63) is 168 Å². The molecule has 9 rings (SSSR count). The SMILES string of the molecule is [C-]#[N+]c1ccc2c(c1)c1cc(-c3ccc4c(c3)C(C)(C)c3cc(-c5cccc(-c6cccnc6)n5)ccc3O4)ccc1n2-c1ccccc1. The molecular weight excluding hydrogens is 601 g/mol. The van der Waals surface area contributed by atoms with E-state index in [0.29, 0.717) is 5.69 Å². The van der Waals surface area contributed by atoms with Crippen molar-refractivity contribution in [3.63, 3.8) is 0 Å². The Balaban J connectivity index is 1.13. The number of rotatable bonds is 4. The molecule has 232 valence electrons. The molecule has 0 amide bonds. The molecule has 0 fully saturated rings. The molecule has 0 radical (unpaired) electrons. The van der Waals surface area contributed by atoms with Gasteiger partial charge in [0.05, 0.1) is 29.0 Å². The van der Waals surface area contributed by atoms with Gasteiger partial charge in [-0.15, -0.1) is 0 Å². The first kappa shape index (κ1) is 28.7. The molecule has 4 heterocycles. The minimum Gasteiger partial charge on any atom is -0.457 e. The van der Waals surface area contributed by atoms with Gasteiger partial charge in [-0.25, -0.2) is 9.83 Å². The van der Waals surface area contributed by atoms with Gasteiger partial charge in [0, 0.05) is 51.1 Å². The molecule has 0 N–H and O–H groups in total. The van der Waals surface area contributed by atoms with Crippen LogP contribution in [0.2, 0.25) is 0 Å². The summed E-state index contributed by atoms with van der Waals surface area (Å²) in [6, 6.07) is 46.0. The van der Waals surface area contributed by atoms with Crippen LogP contribution >= 0.6 is 0 Å². The summed E-state index contributed by atoms with van der Waals surface area (Å²) >= 11 is 0. The van der Waals surface area contributed by atoms with E-state index in [2.05, 4.69) is 119 Å². The van der Waals surface area contributed by atoms with Crippen LogP contribution in [-0.4, -0.2) is 14.5 Å². The third-order valence-corrected chi connectivity index (χ3v) is 9.75. The molecule has 5 aromatic carbocycles. The minimum atomic E-state index is -0.326. The normalized spacial score (nSPS) is 13.0. The van der Waals surface area contributed by atoms with E-state index in [1.165, 1.54) is 0 Å². The van der Waals surface area contributed by atoms with Gasteiger partial charge in [-0.2, -0.15) is 0 Å². The fraction of sp³-hybridized carbons (Fsp3) is 0.0682. The average molecular weight is 631 g/mol. The van der Waals surface area contributed by atoms with Crippen LogP contribution in [0.4, 0.5) is 5.69 Å². The molecule has 0 saturated carbocycles. The first-order valence-electron chi connectivity index (χ1n) is 16.3. The number of hydrogen-bond donors (Lipinski definition) is 0. The van der Waals surface area contributed by atoms with Crippen LogP contribution in [0.15, 0.2) is 146 Å². The van der Waals surface area contributed by atoms with Gasteiger partial charge in [-0.1, -0.05) is 56.3 Å². The molecule has 3 aromatic heterocycles. The maximum Gasteiger partial charge on any atom is 0.188 e. The summed E-state index contributed by atoms with van der Waals surface area (Å²) in [6.45, 7) is 12.2. The molecule has 1 aliphatic heterocycles. The summed E-state index contributed by atoms with van der Waals surface area (Å²) in [6.07, 6.45) is 3.62. The third kappa shape index (κ3) is 4.69. The Morgan fingerprint density at radius 3 is 2.00 bits per heavy atom. The highest BCUT2D eigenvalue weighted by molar-refractivity contribution is 6.11. The van der Waals surface area contributed by atoms with Crippen LogP contribution in [0.3, 0.4) is 0 Å². The third-order valence-electron chi connectivity index (χ3n) is 9.75. The van der Waals surface area contributed by atoms with E-state index in [-0.39, 0.29) is 5.41 Å². The van der Waals surface area contributed by atoms with Crippen LogP contribution in [0.25, 0.3) is 66.0 Å². The largest absolute Gasteiger partial charge is 0.457 e. The first-order chi connectivity index (χ1) is 24.0. The van der Waals surface area contributed by atoms with Crippen molar-refractivity contribution in [1.82, 2.24) is 14.5 Å². The second kappa shape index (κ2) is 11.0. The Morgan fingerprint density at radius 1 is 0.612 bits per heavy atom. The van der Waals surface area contributed by atoms with E-state index >= 15 is 0 Å². The molecule has 0 spiro atoms. The Morgan fingerprint density at radius 2 is 1.27 bits per heavy atom. The van der Waals surface area contributed by atoms with Gasteiger partial charge in [0.15, 0.2) is 5.69 Å². The van der Waals surface area contributed by atoms with Gasteiger partial charge in [0.2, 0.25) is 0 Å². The Labute approximate surface area is 284 Å². The fourth-order valence-electron chi connectivity index (χ4n) is 7.20. The zero-order valence-corrected chi connectivity index (χ0v) is 27.1. The summed E-state index contributed by atoms with van der Waals surface area (Å²) in [4.78, 5) is 13.0. The number of nitrogens with zero attached hydrogens (tertiary/aromatic N) is 4. The summed E-state index contributed by atoms with van der Waals surface area (Å²) in [5.74, 6) is 1.73. The van der Waals surface area contributed by atoms with Crippen LogP contribution in [0.5, 0.6) is 11.5 Å². The monoisotopic (exact) mass is 630 g/mol. The van der Waals surface area contributed by atoms with Crippen LogP contribution < -0.4 is 4.74 Å². The highest BCUT2D eigenvalue weighted by Gasteiger charge is 2.35. The smallest absolute Gasteiger partial charge is 0.188 e. The van der Waals surface area contributed by atoms with Crippen molar-refractivity contribution in [2.24, 2.45) is 0 Å². The lowest BCUT2D eigenvalue weighted by Crippen LogP contribution is -2.24. The topological polar surface area (TPSA) is 44.3 Å². The standard InChI is InChI=1S/C44H30N4O/c1-44(2)36-24-29(28-14-18-40-34(23-28)35-26-32(45-3)17-19-41(35)48(40)33-10-5-4-6-11-33)15-20-42(36)49-43-21-16-30(25-37(43)44)38-12-7-13-39(47-38)31-9-8-22-46-27-31/h4-27H,1-2H3. The van der Waals surface area contributed by atoms with Crippen molar-refractivity contribution >= 4 is 27.5 Å².